The maximum atomic E-state index is 12.4. The van der Waals surface area contributed by atoms with E-state index in [0.29, 0.717) is 5.69 Å². The molecule has 0 aliphatic heterocycles. The van der Waals surface area contributed by atoms with Crippen LogP contribution in [0.15, 0.2) is 24.3 Å². The topological polar surface area (TPSA) is 81.1 Å². The molecule has 2 N–H and O–H groups in total. The molecule has 0 aliphatic carbocycles. The van der Waals surface area contributed by atoms with E-state index in [1.54, 1.807) is 19.2 Å². The van der Waals surface area contributed by atoms with E-state index in [1.165, 1.54) is 21.9 Å². The van der Waals surface area contributed by atoms with Crippen LogP contribution in [-0.2, 0) is 4.79 Å². The van der Waals surface area contributed by atoms with Crippen molar-refractivity contribution in [3.05, 3.63) is 24.3 Å². The molecule has 0 atom stereocenters. The molecular weight excluding hydrogens is 260 g/mol. The Bertz CT molecular complexity index is 488. The van der Waals surface area contributed by atoms with Crippen LogP contribution in [-0.4, -0.2) is 46.7 Å². The molecule has 0 aliphatic rings. The highest BCUT2D eigenvalue weighted by Crippen LogP contribution is 2.20. The van der Waals surface area contributed by atoms with E-state index >= 15 is 0 Å². The quantitative estimate of drug-likeness (QED) is 0.865. The number of phenolic OH excluding ortho intramolecular Hbond substituents is 1. The summed E-state index contributed by atoms with van der Waals surface area (Å²) in [5.41, 5.74) is 0.552. The van der Waals surface area contributed by atoms with Crippen molar-refractivity contribution < 1.29 is 19.8 Å². The number of amides is 2. The molecule has 0 saturated carbocycles. The van der Waals surface area contributed by atoms with Gasteiger partial charge in [-0.3, -0.25) is 9.69 Å². The van der Waals surface area contributed by atoms with Crippen molar-refractivity contribution in [2.75, 3.05) is 18.5 Å². The number of carboxylic acid groups (broad SMARTS) is 1. The van der Waals surface area contributed by atoms with Crippen molar-refractivity contribution in [1.29, 1.82) is 0 Å². The van der Waals surface area contributed by atoms with Crippen LogP contribution < -0.4 is 4.90 Å². The van der Waals surface area contributed by atoms with Gasteiger partial charge in [0.2, 0.25) is 0 Å². The molecule has 0 aromatic heterocycles. The van der Waals surface area contributed by atoms with E-state index in [0.717, 1.165) is 0 Å². The van der Waals surface area contributed by atoms with E-state index in [9.17, 15) is 14.7 Å². The second kappa shape index (κ2) is 6.79. The summed E-state index contributed by atoms with van der Waals surface area (Å²) in [5, 5.41) is 18.2. The molecule has 0 spiro atoms. The monoisotopic (exact) mass is 280 g/mol. The standard InChI is InChI=1S/C14H20N2O4/c1-10(2)16(8-7-13(18)19)14(20)15(3)11-5-4-6-12(17)9-11/h4-6,9-10,17H,7-8H2,1-3H3,(H,18,19). The molecule has 0 bridgehead atoms. The van der Waals surface area contributed by atoms with Crippen molar-refractivity contribution in [2.45, 2.75) is 26.3 Å². The van der Waals surface area contributed by atoms with Crippen LogP contribution in [0, 0.1) is 0 Å². The Labute approximate surface area is 118 Å². The van der Waals surface area contributed by atoms with Gasteiger partial charge >= 0.3 is 12.0 Å². The molecule has 0 saturated heterocycles. The van der Waals surface area contributed by atoms with Gasteiger partial charge < -0.3 is 15.1 Å². The zero-order chi connectivity index (χ0) is 15.3. The summed E-state index contributed by atoms with van der Waals surface area (Å²) >= 11 is 0. The number of carbonyl (C=O) groups is 2. The number of carboxylic acids is 1. The Morgan fingerprint density at radius 1 is 1.30 bits per heavy atom. The van der Waals surface area contributed by atoms with E-state index in [-0.39, 0.29) is 30.8 Å². The third kappa shape index (κ3) is 4.15. The van der Waals surface area contributed by atoms with Crippen LogP contribution in [0.3, 0.4) is 0 Å². The Balaban J connectivity index is 2.85. The number of hydrogen-bond donors (Lipinski definition) is 2. The molecule has 1 rings (SSSR count). The largest absolute Gasteiger partial charge is 0.508 e. The smallest absolute Gasteiger partial charge is 0.324 e. The Hall–Kier alpha value is -2.24. The number of urea groups is 1. The highest BCUT2D eigenvalue weighted by Gasteiger charge is 2.22. The molecule has 0 fully saturated rings. The average Bonchev–Trinajstić information content (AvgIpc) is 2.37. The zero-order valence-electron chi connectivity index (χ0n) is 11.9. The molecule has 0 heterocycles. The predicted molar refractivity (Wildman–Crippen MR) is 76.0 cm³/mol. The first-order valence-electron chi connectivity index (χ1n) is 6.38. The van der Waals surface area contributed by atoms with Crippen molar-refractivity contribution >= 4 is 17.7 Å². The first-order valence-corrected chi connectivity index (χ1v) is 6.38. The summed E-state index contributed by atoms with van der Waals surface area (Å²) in [6, 6.07) is 5.94. The summed E-state index contributed by atoms with van der Waals surface area (Å²) in [6.45, 7) is 3.81. The third-order valence-corrected chi connectivity index (χ3v) is 2.94. The average molecular weight is 280 g/mol. The van der Waals surface area contributed by atoms with Gasteiger partial charge in [-0.05, 0) is 26.0 Å². The molecule has 20 heavy (non-hydrogen) atoms. The van der Waals surface area contributed by atoms with Crippen LogP contribution in [0.4, 0.5) is 10.5 Å². The third-order valence-electron chi connectivity index (χ3n) is 2.94. The lowest BCUT2D eigenvalue weighted by atomic mass is 10.2. The van der Waals surface area contributed by atoms with Crippen LogP contribution in [0.25, 0.3) is 0 Å². The second-order valence-corrected chi connectivity index (χ2v) is 4.79. The van der Waals surface area contributed by atoms with Crippen molar-refractivity contribution in [3.63, 3.8) is 0 Å². The number of aliphatic carboxylic acids is 1. The highest BCUT2D eigenvalue weighted by atomic mass is 16.4. The SMILES string of the molecule is CC(C)N(CCC(=O)O)C(=O)N(C)c1cccc(O)c1. The van der Waals surface area contributed by atoms with Gasteiger partial charge in [-0.1, -0.05) is 6.07 Å². The minimum atomic E-state index is -0.941. The number of aromatic hydroxyl groups is 1. The van der Waals surface area contributed by atoms with Gasteiger partial charge in [0.25, 0.3) is 0 Å². The highest BCUT2D eigenvalue weighted by molar-refractivity contribution is 5.92. The van der Waals surface area contributed by atoms with Crippen LogP contribution >= 0.6 is 0 Å². The summed E-state index contributed by atoms with van der Waals surface area (Å²) in [6.07, 6.45) is -0.0994. The van der Waals surface area contributed by atoms with Gasteiger partial charge in [0.05, 0.1) is 6.42 Å². The summed E-state index contributed by atoms with van der Waals surface area (Å²) in [5.74, 6) is -0.868. The number of hydrogen-bond acceptors (Lipinski definition) is 3. The van der Waals surface area contributed by atoms with E-state index in [4.69, 9.17) is 5.11 Å². The van der Waals surface area contributed by atoms with Crippen LogP contribution in [0.2, 0.25) is 0 Å². The van der Waals surface area contributed by atoms with Gasteiger partial charge in [0.15, 0.2) is 0 Å². The van der Waals surface area contributed by atoms with E-state index in [1.807, 2.05) is 13.8 Å². The normalized spacial score (nSPS) is 10.4. The molecule has 1 aromatic rings. The number of benzene rings is 1. The maximum absolute atomic E-state index is 12.4. The molecule has 6 nitrogen and oxygen atoms in total. The number of nitrogens with zero attached hydrogens (tertiary/aromatic N) is 2. The molecule has 110 valence electrons. The fraction of sp³-hybridized carbons (Fsp3) is 0.429. The number of carbonyl (C=O) groups excluding carboxylic acids is 1. The Kier molecular flexibility index (Phi) is 5.37. The van der Waals surface area contributed by atoms with Gasteiger partial charge in [0, 0.05) is 31.4 Å². The first kappa shape index (κ1) is 15.8. The molecule has 0 unspecified atom stereocenters. The number of anilines is 1. The lowest BCUT2D eigenvalue weighted by Gasteiger charge is -2.31. The van der Waals surface area contributed by atoms with Crippen molar-refractivity contribution in [1.82, 2.24) is 4.90 Å². The Morgan fingerprint density at radius 3 is 2.45 bits per heavy atom. The van der Waals surface area contributed by atoms with Crippen LogP contribution in [0.1, 0.15) is 20.3 Å². The first-order chi connectivity index (χ1) is 9.32. The summed E-state index contributed by atoms with van der Waals surface area (Å²) in [7, 11) is 1.59. The van der Waals surface area contributed by atoms with Crippen molar-refractivity contribution in [2.24, 2.45) is 0 Å². The van der Waals surface area contributed by atoms with Crippen molar-refractivity contribution in [3.8, 4) is 5.75 Å². The summed E-state index contributed by atoms with van der Waals surface area (Å²) in [4.78, 5) is 25.9. The Morgan fingerprint density at radius 2 is 1.95 bits per heavy atom. The van der Waals surface area contributed by atoms with E-state index in [2.05, 4.69) is 0 Å². The van der Waals surface area contributed by atoms with Gasteiger partial charge in [-0.25, -0.2) is 4.79 Å². The number of phenols is 1. The second-order valence-electron chi connectivity index (χ2n) is 4.79. The lowest BCUT2D eigenvalue weighted by molar-refractivity contribution is -0.137. The zero-order valence-corrected chi connectivity index (χ0v) is 11.9. The molecule has 2 amide bonds. The molecule has 1 aromatic carbocycles. The fourth-order valence-electron chi connectivity index (χ4n) is 1.80. The lowest BCUT2D eigenvalue weighted by Crippen LogP contribution is -2.45. The minimum Gasteiger partial charge on any atom is -0.508 e. The van der Waals surface area contributed by atoms with Gasteiger partial charge in [-0.15, -0.1) is 0 Å². The minimum absolute atomic E-state index is 0.0729. The molecular formula is C14H20N2O4. The fourth-order valence-corrected chi connectivity index (χ4v) is 1.80. The van der Waals surface area contributed by atoms with Gasteiger partial charge in [-0.2, -0.15) is 0 Å². The summed E-state index contributed by atoms with van der Waals surface area (Å²) < 4.78 is 0. The number of rotatable bonds is 5. The van der Waals surface area contributed by atoms with Gasteiger partial charge in [0.1, 0.15) is 5.75 Å². The molecule has 6 heteroatoms. The molecule has 0 radical (unpaired) electrons. The van der Waals surface area contributed by atoms with Crippen LogP contribution in [0.5, 0.6) is 5.75 Å². The van der Waals surface area contributed by atoms with E-state index < -0.39 is 5.97 Å². The maximum Gasteiger partial charge on any atom is 0.324 e. The predicted octanol–water partition coefficient (Wildman–Crippen LogP) is 2.13.